The van der Waals surface area contributed by atoms with Crippen LogP contribution < -0.4 is 0 Å². The third-order valence-corrected chi connectivity index (χ3v) is 5.40. The second-order valence-electron chi connectivity index (χ2n) is 6.02. The van der Waals surface area contributed by atoms with Gasteiger partial charge in [-0.3, -0.25) is 4.90 Å². The molecule has 1 fully saturated rings. The molecule has 1 saturated heterocycles. The maximum absolute atomic E-state index is 4.33. The first-order chi connectivity index (χ1) is 11.3. The first-order valence-electron chi connectivity index (χ1n) is 7.85. The second kappa shape index (κ2) is 6.22. The minimum Gasteiger partial charge on any atom is -0.297 e. The summed E-state index contributed by atoms with van der Waals surface area (Å²) in [4.78, 5) is 12.1. The molecule has 3 aromatic rings. The van der Waals surface area contributed by atoms with E-state index in [2.05, 4.69) is 51.2 Å². The molecule has 1 atom stereocenters. The van der Waals surface area contributed by atoms with Gasteiger partial charge in [0.1, 0.15) is 12.7 Å². The van der Waals surface area contributed by atoms with Crippen molar-refractivity contribution in [3.63, 3.8) is 0 Å². The van der Waals surface area contributed by atoms with Crippen LogP contribution in [-0.2, 0) is 6.54 Å². The average Bonchev–Trinajstić information content (AvgIpc) is 3.29. The molecule has 0 saturated carbocycles. The van der Waals surface area contributed by atoms with E-state index in [-0.39, 0.29) is 0 Å². The molecule has 1 aromatic carbocycles. The summed E-state index contributed by atoms with van der Waals surface area (Å²) >= 11 is 1.70. The Bertz CT molecular complexity index is 763. The molecule has 118 valence electrons. The third kappa shape index (κ3) is 3.04. The van der Waals surface area contributed by atoms with Crippen molar-refractivity contribution in [1.29, 1.82) is 0 Å². The lowest BCUT2D eigenvalue weighted by molar-refractivity contribution is 0.311. The van der Waals surface area contributed by atoms with Crippen LogP contribution in [0.5, 0.6) is 0 Å². The molecular weight excluding hydrogens is 306 g/mol. The van der Waals surface area contributed by atoms with Gasteiger partial charge in [0.25, 0.3) is 0 Å². The van der Waals surface area contributed by atoms with Gasteiger partial charge in [0.05, 0.1) is 22.1 Å². The summed E-state index contributed by atoms with van der Waals surface area (Å²) in [7, 11) is 0. The van der Waals surface area contributed by atoms with Crippen molar-refractivity contribution in [2.45, 2.75) is 25.9 Å². The van der Waals surface area contributed by atoms with Crippen LogP contribution in [0, 0.1) is 6.92 Å². The van der Waals surface area contributed by atoms with Gasteiger partial charge in [-0.05, 0) is 24.5 Å². The predicted octanol–water partition coefficient (Wildman–Crippen LogP) is 3.16. The van der Waals surface area contributed by atoms with Gasteiger partial charge in [0.2, 0.25) is 0 Å². The predicted molar refractivity (Wildman–Crippen MR) is 91.2 cm³/mol. The van der Waals surface area contributed by atoms with Gasteiger partial charge in [-0.25, -0.2) is 14.6 Å². The van der Waals surface area contributed by atoms with E-state index >= 15 is 0 Å². The van der Waals surface area contributed by atoms with E-state index < -0.39 is 0 Å². The lowest BCUT2D eigenvalue weighted by Gasteiger charge is -2.16. The largest absolute Gasteiger partial charge is 0.297 e. The zero-order chi connectivity index (χ0) is 15.6. The molecule has 1 aliphatic rings. The zero-order valence-electron chi connectivity index (χ0n) is 13.1. The summed E-state index contributed by atoms with van der Waals surface area (Å²) in [5.41, 5.74) is 5.64. The van der Waals surface area contributed by atoms with Gasteiger partial charge in [-0.2, -0.15) is 5.10 Å². The molecule has 23 heavy (non-hydrogen) atoms. The number of nitrogens with zero attached hydrogens (tertiary/aromatic N) is 5. The van der Waals surface area contributed by atoms with Crippen LogP contribution in [0.4, 0.5) is 0 Å². The monoisotopic (exact) mass is 325 g/mol. The summed E-state index contributed by atoms with van der Waals surface area (Å²) in [6.07, 6.45) is 4.57. The summed E-state index contributed by atoms with van der Waals surface area (Å²) in [5, 5.41) is 4.26. The standard InChI is InChI=1S/C17H19N5S/c1-13-17(23-12-19-13)15-4-2-14(3-5-15)8-21-7-6-16(9-21)22-11-18-10-20-22/h2-5,10-12,16H,6-9H2,1H3. The molecule has 6 heteroatoms. The van der Waals surface area contributed by atoms with Crippen LogP contribution in [0.25, 0.3) is 10.4 Å². The molecule has 2 aromatic heterocycles. The Hall–Kier alpha value is -2.05. The lowest BCUT2D eigenvalue weighted by Crippen LogP contribution is -2.21. The number of likely N-dealkylation sites (tertiary alicyclic amines) is 1. The van der Waals surface area contributed by atoms with Crippen molar-refractivity contribution < 1.29 is 0 Å². The molecule has 0 aliphatic carbocycles. The second-order valence-corrected chi connectivity index (χ2v) is 6.87. The van der Waals surface area contributed by atoms with E-state index in [1.54, 1.807) is 17.7 Å². The molecule has 1 unspecified atom stereocenters. The van der Waals surface area contributed by atoms with Crippen molar-refractivity contribution in [3.8, 4) is 10.4 Å². The fourth-order valence-electron chi connectivity index (χ4n) is 3.18. The van der Waals surface area contributed by atoms with Crippen LogP contribution in [0.15, 0.2) is 42.4 Å². The van der Waals surface area contributed by atoms with E-state index in [4.69, 9.17) is 0 Å². The quantitative estimate of drug-likeness (QED) is 0.739. The Morgan fingerprint density at radius 2 is 2.13 bits per heavy atom. The van der Waals surface area contributed by atoms with Crippen LogP contribution in [0.3, 0.4) is 0 Å². The lowest BCUT2D eigenvalue weighted by atomic mass is 10.1. The van der Waals surface area contributed by atoms with Crippen molar-refractivity contribution in [2.75, 3.05) is 13.1 Å². The fraction of sp³-hybridized carbons (Fsp3) is 0.353. The highest BCUT2D eigenvalue weighted by Gasteiger charge is 2.24. The summed E-state index contributed by atoms with van der Waals surface area (Å²) < 4.78 is 1.98. The van der Waals surface area contributed by atoms with Gasteiger partial charge >= 0.3 is 0 Å². The zero-order valence-corrected chi connectivity index (χ0v) is 13.9. The number of aryl methyl sites for hydroxylation is 1. The Labute approximate surface area is 139 Å². The summed E-state index contributed by atoms with van der Waals surface area (Å²) in [6.45, 7) is 5.21. The van der Waals surface area contributed by atoms with E-state index in [9.17, 15) is 0 Å². The minimum atomic E-state index is 0.455. The van der Waals surface area contributed by atoms with Gasteiger partial charge in [0.15, 0.2) is 0 Å². The average molecular weight is 325 g/mol. The first-order valence-corrected chi connectivity index (χ1v) is 8.73. The van der Waals surface area contributed by atoms with Crippen LogP contribution >= 0.6 is 11.3 Å². The number of aromatic nitrogens is 4. The topological polar surface area (TPSA) is 46.8 Å². The van der Waals surface area contributed by atoms with Crippen molar-refractivity contribution in [3.05, 3.63) is 53.7 Å². The number of thiazole rings is 1. The highest BCUT2D eigenvalue weighted by atomic mass is 32.1. The smallest absolute Gasteiger partial charge is 0.137 e. The molecule has 0 amide bonds. The fourth-order valence-corrected chi connectivity index (χ4v) is 3.99. The normalized spacial score (nSPS) is 18.6. The molecule has 4 rings (SSSR count). The van der Waals surface area contributed by atoms with E-state index in [1.165, 1.54) is 16.0 Å². The number of benzene rings is 1. The minimum absolute atomic E-state index is 0.455. The number of rotatable bonds is 4. The Balaban J connectivity index is 1.41. The molecule has 1 aliphatic heterocycles. The van der Waals surface area contributed by atoms with Crippen LogP contribution in [0.2, 0.25) is 0 Å². The third-order valence-electron chi connectivity index (χ3n) is 4.43. The van der Waals surface area contributed by atoms with Gasteiger partial charge in [0, 0.05) is 19.6 Å². The molecule has 0 N–H and O–H groups in total. The maximum atomic E-state index is 4.33. The number of hydrogen-bond donors (Lipinski definition) is 0. The number of hydrogen-bond acceptors (Lipinski definition) is 5. The highest BCUT2D eigenvalue weighted by molar-refractivity contribution is 7.13. The molecule has 0 spiro atoms. The first kappa shape index (κ1) is 14.5. The molecule has 5 nitrogen and oxygen atoms in total. The van der Waals surface area contributed by atoms with Crippen molar-refractivity contribution in [1.82, 2.24) is 24.6 Å². The van der Waals surface area contributed by atoms with Crippen LogP contribution in [0.1, 0.15) is 23.7 Å². The Morgan fingerprint density at radius 1 is 1.26 bits per heavy atom. The van der Waals surface area contributed by atoms with Gasteiger partial charge in [-0.15, -0.1) is 11.3 Å². The van der Waals surface area contributed by atoms with Gasteiger partial charge < -0.3 is 0 Å². The van der Waals surface area contributed by atoms with E-state index in [0.717, 1.165) is 31.7 Å². The van der Waals surface area contributed by atoms with Crippen LogP contribution in [-0.4, -0.2) is 37.7 Å². The SMILES string of the molecule is Cc1ncsc1-c1ccc(CN2CCC(n3cncn3)C2)cc1. The van der Waals surface area contributed by atoms with E-state index in [0.29, 0.717) is 6.04 Å². The van der Waals surface area contributed by atoms with Gasteiger partial charge in [-0.1, -0.05) is 24.3 Å². The van der Waals surface area contributed by atoms with Crippen molar-refractivity contribution >= 4 is 11.3 Å². The van der Waals surface area contributed by atoms with Crippen molar-refractivity contribution in [2.24, 2.45) is 0 Å². The molecule has 3 heterocycles. The summed E-state index contributed by atoms with van der Waals surface area (Å²) in [6, 6.07) is 9.34. The summed E-state index contributed by atoms with van der Waals surface area (Å²) in [5.74, 6) is 0. The molecular formula is C17H19N5S. The highest BCUT2D eigenvalue weighted by Crippen LogP contribution is 2.28. The molecule has 0 radical (unpaired) electrons. The maximum Gasteiger partial charge on any atom is 0.137 e. The Morgan fingerprint density at radius 3 is 2.83 bits per heavy atom. The molecule has 0 bridgehead atoms. The van der Waals surface area contributed by atoms with E-state index in [1.807, 2.05) is 16.5 Å². The Kier molecular flexibility index (Phi) is 3.93.